The predicted octanol–water partition coefficient (Wildman–Crippen LogP) is -2.35. The number of hydrogen-bond acceptors (Lipinski definition) is 12. The molecule has 0 aliphatic carbocycles. The molecule has 0 saturated carbocycles. The maximum atomic E-state index is 12.1. The summed E-state index contributed by atoms with van der Waals surface area (Å²) >= 11 is 0. The molecule has 0 rings (SSSR count). The maximum Gasteiger partial charge on any atom is 0.530 e. The van der Waals surface area contributed by atoms with E-state index in [-0.39, 0.29) is 0 Å². The number of aliphatic carboxylic acids is 4. The smallest absolute Gasteiger partial charge is 0.481 e. The van der Waals surface area contributed by atoms with Gasteiger partial charge in [-0.3, -0.25) is 38.4 Å². The zero-order valence-electron chi connectivity index (χ0n) is 15.8. The molecule has 3 unspecified atom stereocenters. The van der Waals surface area contributed by atoms with E-state index in [1.807, 2.05) is 0 Å². The van der Waals surface area contributed by atoms with Gasteiger partial charge in [0.2, 0.25) is 0 Å². The third-order valence-electron chi connectivity index (χ3n) is 3.26. The van der Waals surface area contributed by atoms with Crippen LogP contribution in [0.15, 0.2) is 0 Å². The van der Waals surface area contributed by atoms with Gasteiger partial charge in [-0.2, -0.15) is 0 Å². The van der Waals surface area contributed by atoms with Crippen LogP contribution < -0.4 is 0 Å². The summed E-state index contributed by atoms with van der Waals surface area (Å²) in [6, 6.07) is 0. The lowest BCUT2D eigenvalue weighted by atomic mass is 9.96. The standard InChI is InChI=1S/C12H16O19P2/c13-5(14)1-11(23,9(19)20)3-7(17)30-33(27,28)31-12(10(21)22,2-6(15)16)4-8(18)29-32(24,25)26/h23H,1-4H2,(H,13,14)(H,15,16)(H,19,20)(H,21,22)(H,27,28)(H2,24,25,26). The second-order valence-electron chi connectivity index (χ2n) is 6.11. The average molecular weight is 526 g/mol. The van der Waals surface area contributed by atoms with Crippen LogP contribution in [0.3, 0.4) is 0 Å². The van der Waals surface area contributed by atoms with E-state index in [4.69, 9.17) is 25.1 Å². The molecule has 0 aromatic heterocycles. The monoisotopic (exact) mass is 526 g/mol. The minimum absolute atomic E-state index is 1.60. The van der Waals surface area contributed by atoms with Crippen LogP contribution >= 0.6 is 15.6 Å². The number of carbonyl (C=O) groups is 6. The summed E-state index contributed by atoms with van der Waals surface area (Å²) in [6.07, 6.45) is -7.14. The van der Waals surface area contributed by atoms with Crippen LogP contribution in [-0.4, -0.2) is 87.2 Å². The van der Waals surface area contributed by atoms with Crippen LogP contribution in [0.25, 0.3) is 0 Å². The zero-order chi connectivity index (χ0) is 26.4. The van der Waals surface area contributed by atoms with Crippen LogP contribution in [-0.2, 0) is 51.5 Å². The molecule has 0 aliphatic heterocycles. The van der Waals surface area contributed by atoms with Crippen LogP contribution in [0.4, 0.5) is 0 Å². The van der Waals surface area contributed by atoms with Gasteiger partial charge < -0.3 is 34.6 Å². The lowest BCUT2D eigenvalue weighted by molar-refractivity contribution is -0.172. The maximum absolute atomic E-state index is 12.1. The fourth-order valence-electron chi connectivity index (χ4n) is 2.06. The second kappa shape index (κ2) is 10.8. The number of phosphoric ester groups is 2. The number of carboxylic acid groups (broad SMARTS) is 4. The Labute approximate surface area is 181 Å². The Morgan fingerprint density at radius 2 is 1.12 bits per heavy atom. The minimum atomic E-state index is -6.09. The molecule has 0 amide bonds. The highest BCUT2D eigenvalue weighted by molar-refractivity contribution is 7.48. The summed E-state index contributed by atoms with van der Waals surface area (Å²) in [6.45, 7) is 0. The number of hydrogen-bond donors (Lipinski definition) is 8. The molecular weight excluding hydrogens is 510 g/mol. The van der Waals surface area contributed by atoms with Crippen LogP contribution in [0.1, 0.15) is 25.7 Å². The van der Waals surface area contributed by atoms with Crippen molar-refractivity contribution in [2.45, 2.75) is 36.9 Å². The Morgan fingerprint density at radius 1 is 0.667 bits per heavy atom. The molecule has 21 heteroatoms. The first-order valence-electron chi connectivity index (χ1n) is 7.80. The number of aliphatic hydroxyl groups is 1. The molecule has 0 aromatic carbocycles. The summed E-state index contributed by atoms with van der Waals surface area (Å²) in [5, 5.41) is 45.2. The minimum Gasteiger partial charge on any atom is -0.481 e. The van der Waals surface area contributed by atoms with E-state index in [0.29, 0.717) is 0 Å². The van der Waals surface area contributed by atoms with Crippen molar-refractivity contribution in [2.24, 2.45) is 0 Å². The molecule has 188 valence electrons. The molecule has 0 fully saturated rings. The second-order valence-corrected chi connectivity index (χ2v) is 8.57. The lowest BCUT2D eigenvalue weighted by Crippen LogP contribution is -2.45. The Kier molecular flexibility index (Phi) is 9.84. The van der Waals surface area contributed by atoms with Crippen molar-refractivity contribution in [3.8, 4) is 0 Å². The van der Waals surface area contributed by atoms with Crippen LogP contribution in [0.2, 0.25) is 0 Å². The van der Waals surface area contributed by atoms with Gasteiger partial charge in [-0.05, 0) is 0 Å². The molecular formula is C12H16O19P2. The summed E-state index contributed by atoms with van der Waals surface area (Å²) < 4.78 is 34.1. The first-order valence-corrected chi connectivity index (χ1v) is 10.8. The van der Waals surface area contributed by atoms with Crippen molar-refractivity contribution >= 4 is 51.5 Å². The van der Waals surface area contributed by atoms with Gasteiger partial charge in [-0.15, -0.1) is 0 Å². The van der Waals surface area contributed by atoms with Crippen LogP contribution in [0.5, 0.6) is 0 Å². The average Bonchev–Trinajstić information content (AvgIpc) is 2.48. The van der Waals surface area contributed by atoms with E-state index in [9.17, 15) is 53.0 Å². The molecule has 0 aromatic rings. The van der Waals surface area contributed by atoms with Gasteiger partial charge in [-0.25, -0.2) is 18.7 Å². The summed E-state index contributed by atoms with van der Waals surface area (Å²) in [4.78, 5) is 94.1. The number of phosphoric acid groups is 2. The molecule has 19 nitrogen and oxygen atoms in total. The Balaban J connectivity index is 5.89. The van der Waals surface area contributed by atoms with Crippen molar-refractivity contribution in [3.05, 3.63) is 0 Å². The Morgan fingerprint density at radius 3 is 1.48 bits per heavy atom. The number of carbonyl (C=O) groups excluding carboxylic acids is 2. The van der Waals surface area contributed by atoms with Gasteiger partial charge in [0.1, 0.15) is 0 Å². The molecule has 0 spiro atoms. The van der Waals surface area contributed by atoms with E-state index in [2.05, 4.69) is 13.6 Å². The Bertz CT molecular complexity index is 933. The normalized spacial score (nSPS) is 16.8. The highest BCUT2D eigenvalue weighted by Gasteiger charge is 2.52. The fraction of sp³-hybridized carbons (Fsp3) is 0.500. The fourth-order valence-corrected chi connectivity index (χ4v) is 3.40. The van der Waals surface area contributed by atoms with Crippen molar-refractivity contribution in [1.82, 2.24) is 0 Å². The quantitative estimate of drug-likeness (QED) is 0.110. The molecule has 0 radical (unpaired) electrons. The highest BCUT2D eigenvalue weighted by Crippen LogP contribution is 2.50. The summed E-state index contributed by atoms with van der Waals surface area (Å²) in [5.74, 6) is -13.0. The molecule has 3 atom stereocenters. The van der Waals surface area contributed by atoms with E-state index in [0.717, 1.165) is 0 Å². The van der Waals surface area contributed by atoms with Gasteiger partial charge in [0.05, 0.1) is 25.7 Å². The largest absolute Gasteiger partial charge is 0.530 e. The molecule has 0 heterocycles. The first-order chi connectivity index (χ1) is 14.6. The number of rotatable bonds is 14. The van der Waals surface area contributed by atoms with E-state index < -0.39 is 88.3 Å². The van der Waals surface area contributed by atoms with Gasteiger partial charge >= 0.3 is 51.5 Å². The lowest BCUT2D eigenvalue weighted by Gasteiger charge is -2.28. The van der Waals surface area contributed by atoms with Gasteiger partial charge in [0.25, 0.3) is 0 Å². The predicted molar refractivity (Wildman–Crippen MR) is 91.8 cm³/mol. The molecule has 0 bridgehead atoms. The number of carboxylic acids is 4. The SMILES string of the molecule is O=C(O)CC(O)(CC(=O)OP(=O)(O)OC(CC(=O)O)(CC(=O)OP(=O)(O)O)C(=O)O)C(=O)O. The first kappa shape index (κ1) is 30.1. The van der Waals surface area contributed by atoms with Crippen molar-refractivity contribution in [1.29, 1.82) is 0 Å². The summed E-state index contributed by atoms with van der Waals surface area (Å²) in [5.41, 5.74) is -6.98. The van der Waals surface area contributed by atoms with Crippen molar-refractivity contribution < 1.29 is 91.7 Å². The van der Waals surface area contributed by atoms with Crippen LogP contribution in [0, 0.1) is 0 Å². The van der Waals surface area contributed by atoms with E-state index in [1.54, 1.807) is 0 Å². The molecule has 8 N–H and O–H groups in total. The van der Waals surface area contributed by atoms with Gasteiger partial charge in [0.15, 0.2) is 11.2 Å². The van der Waals surface area contributed by atoms with Crippen molar-refractivity contribution in [3.63, 3.8) is 0 Å². The Hall–Kier alpha value is -2.92. The van der Waals surface area contributed by atoms with Crippen molar-refractivity contribution in [2.75, 3.05) is 0 Å². The highest BCUT2D eigenvalue weighted by atomic mass is 31.2. The third kappa shape index (κ3) is 10.5. The van der Waals surface area contributed by atoms with E-state index >= 15 is 0 Å². The zero-order valence-corrected chi connectivity index (χ0v) is 17.6. The summed E-state index contributed by atoms with van der Waals surface area (Å²) in [7, 11) is -11.7. The van der Waals surface area contributed by atoms with Gasteiger partial charge in [-0.1, -0.05) is 0 Å². The molecule has 0 saturated heterocycles. The molecule has 0 aliphatic rings. The third-order valence-corrected chi connectivity index (χ3v) is 4.72. The topological polar surface area (TPSA) is 326 Å². The van der Waals surface area contributed by atoms with Gasteiger partial charge in [0, 0.05) is 0 Å². The van der Waals surface area contributed by atoms with E-state index in [1.165, 1.54) is 0 Å². The molecule has 33 heavy (non-hydrogen) atoms.